The fraction of sp³-hybridized carbons (Fsp3) is 0.875. The van der Waals surface area contributed by atoms with Crippen molar-refractivity contribution in [1.82, 2.24) is 5.32 Å². The number of Topliss-reactive ketones (excluding diaryl/α,β-unsaturated/α-hetero) is 1. The molecule has 11 heavy (non-hydrogen) atoms. The molecular formula is C8H13NO2. The first-order chi connectivity index (χ1) is 5.38. The third-order valence-corrected chi connectivity index (χ3v) is 2.50. The molecule has 2 heterocycles. The zero-order valence-corrected chi connectivity index (χ0v) is 6.51. The monoisotopic (exact) mass is 155 g/mol. The van der Waals surface area contributed by atoms with E-state index >= 15 is 0 Å². The number of hydrogen-bond acceptors (Lipinski definition) is 3. The summed E-state index contributed by atoms with van der Waals surface area (Å²) in [6, 6.07) is 0.310. The molecule has 2 rings (SSSR count). The first-order valence-corrected chi connectivity index (χ1v) is 4.22. The Morgan fingerprint density at radius 2 is 2.36 bits per heavy atom. The maximum absolute atomic E-state index is 11.4. The molecule has 3 heteroatoms. The van der Waals surface area contributed by atoms with Crippen LogP contribution in [0.15, 0.2) is 0 Å². The van der Waals surface area contributed by atoms with E-state index in [9.17, 15) is 4.79 Å². The first-order valence-electron chi connectivity index (χ1n) is 4.22. The molecule has 0 aliphatic carbocycles. The van der Waals surface area contributed by atoms with Gasteiger partial charge in [-0.3, -0.25) is 4.79 Å². The highest BCUT2D eigenvalue weighted by atomic mass is 16.5. The summed E-state index contributed by atoms with van der Waals surface area (Å²) in [6.07, 6.45) is 1.73. The molecule has 0 saturated carbocycles. The summed E-state index contributed by atoms with van der Waals surface area (Å²) in [5.74, 6) is 0.537. The topological polar surface area (TPSA) is 38.3 Å². The van der Waals surface area contributed by atoms with E-state index < -0.39 is 0 Å². The highest BCUT2D eigenvalue weighted by Crippen LogP contribution is 2.19. The van der Waals surface area contributed by atoms with E-state index in [4.69, 9.17) is 4.74 Å². The molecule has 0 spiro atoms. The minimum absolute atomic E-state index is 0.150. The van der Waals surface area contributed by atoms with Crippen LogP contribution in [0.4, 0.5) is 0 Å². The zero-order valence-electron chi connectivity index (χ0n) is 6.51. The largest absolute Gasteiger partial charge is 0.379 e. The van der Waals surface area contributed by atoms with Gasteiger partial charge in [0.15, 0.2) is 0 Å². The van der Waals surface area contributed by atoms with Crippen LogP contribution < -0.4 is 5.32 Å². The van der Waals surface area contributed by atoms with Crippen LogP contribution in [-0.2, 0) is 9.53 Å². The van der Waals surface area contributed by atoms with Gasteiger partial charge in [-0.2, -0.15) is 0 Å². The second-order valence-corrected chi connectivity index (χ2v) is 3.27. The van der Waals surface area contributed by atoms with Crippen LogP contribution in [0.5, 0.6) is 0 Å². The Kier molecular flexibility index (Phi) is 1.92. The van der Waals surface area contributed by atoms with Gasteiger partial charge >= 0.3 is 0 Å². The minimum atomic E-state index is 0.150. The Morgan fingerprint density at radius 3 is 3.27 bits per heavy atom. The van der Waals surface area contributed by atoms with Gasteiger partial charge in [0.1, 0.15) is 5.78 Å². The molecule has 2 saturated heterocycles. The van der Waals surface area contributed by atoms with Gasteiger partial charge in [-0.25, -0.2) is 0 Å². The fourth-order valence-corrected chi connectivity index (χ4v) is 1.81. The van der Waals surface area contributed by atoms with Gasteiger partial charge in [0.2, 0.25) is 0 Å². The van der Waals surface area contributed by atoms with Crippen molar-refractivity contribution in [2.45, 2.75) is 18.9 Å². The fourth-order valence-electron chi connectivity index (χ4n) is 1.81. The Balaban J connectivity index is 2.09. The molecule has 2 atom stereocenters. The lowest BCUT2D eigenvalue weighted by Gasteiger charge is -2.12. The second-order valence-electron chi connectivity index (χ2n) is 3.27. The van der Waals surface area contributed by atoms with Crippen LogP contribution in [0, 0.1) is 5.92 Å². The smallest absolute Gasteiger partial charge is 0.139 e. The van der Waals surface area contributed by atoms with Gasteiger partial charge in [-0.05, 0) is 13.0 Å². The lowest BCUT2D eigenvalue weighted by atomic mass is 9.98. The van der Waals surface area contributed by atoms with Gasteiger partial charge in [0.25, 0.3) is 0 Å². The van der Waals surface area contributed by atoms with E-state index in [1.165, 1.54) is 0 Å². The number of fused-ring (bicyclic) bond motifs is 1. The second kappa shape index (κ2) is 2.91. The molecule has 0 amide bonds. The average molecular weight is 155 g/mol. The molecule has 0 radical (unpaired) electrons. The molecule has 62 valence electrons. The van der Waals surface area contributed by atoms with Crippen molar-refractivity contribution < 1.29 is 9.53 Å². The van der Waals surface area contributed by atoms with Gasteiger partial charge in [-0.15, -0.1) is 0 Å². The number of ketones is 1. The van der Waals surface area contributed by atoms with E-state index in [1.807, 2.05) is 0 Å². The predicted molar refractivity (Wildman–Crippen MR) is 40.3 cm³/mol. The van der Waals surface area contributed by atoms with E-state index in [2.05, 4.69) is 5.32 Å². The Labute approximate surface area is 66.1 Å². The summed E-state index contributed by atoms with van der Waals surface area (Å²) in [4.78, 5) is 11.4. The third kappa shape index (κ3) is 1.30. The van der Waals surface area contributed by atoms with E-state index in [-0.39, 0.29) is 5.92 Å². The number of nitrogens with one attached hydrogen (secondary N) is 1. The van der Waals surface area contributed by atoms with E-state index in [0.717, 1.165) is 26.0 Å². The van der Waals surface area contributed by atoms with Crippen molar-refractivity contribution in [1.29, 1.82) is 0 Å². The molecule has 0 bridgehead atoms. The molecule has 1 N–H and O–H groups in total. The summed E-state index contributed by atoms with van der Waals surface area (Å²) >= 11 is 0. The number of carbonyl (C=O) groups excluding carboxylic acids is 1. The number of carbonyl (C=O) groups is 1. The maximum Gasteiger partial charge on any atom is 0.139 e. The summed E-state index contributed by atoms with van der Waals surface area (Å²) in [7, 11) is 0. The molecule has 0 aromatic rings. The van der Waals surface area contributed by atoms with Crippen LogP contribution in [-0.4, -0.2) is 31.6 Å². The van der Waals surface area contributed by atoms with Crippen molar-refractivity contribution in [2.24, 2.45) is 5.92 Å². The van der Waals surface area contributed by atoms with E-state index in [0.29, 0.717) is 18.4 Å². The first kappa shape index (κ1) is 7.25. The summed E-state index contributed by atoms with van der Waals surface area (Å²) in [6.45, 7) is 2.32. The van der Waals surface area contributed by atoms with Crippen molar-refractivity contribution >= 4 is 5.78 Å². The van der Waals surface area contributed by atoms with Crippen LogP contribution >= 0.6 is 0 Å². The van der Waals surface area contributed by atoms with Crippen molar-refractivity contribution in [3.8, 4) is 0 Å². The number of hydrogen-bond donors (Lipinski definition) is 1. The van der Waals surface area contributed by atoms with Gasteiger partial charge < -0.3 is 10.1 Å². The highest BCUT2D eigenvalue weighted by molar-refractivity contribution is 5.82. The van der Waals surface area contributed by atoms with Crippen molar-refractivity contribution in [2.75, 3.05) is 19.8 Å². The van der Waals surface area contributed by atoms with Crippen LogP contribution in [0.3, 0.4) is 0 Å². The van der Waals surface area contributed by atoms with Gasteiger partial charge in [-0.1, -0.05) is 0 Å². The standard InChI is InChI=1S/C8H13NO2/c10-8-2-1-3-9-7-5-11-4-6(7)8/h6-7,9H,1-5H2. The zero-order chi connectivity index (χ0) is 7.68. The van der Waals surface area contributed by atoms with Crippen LogP contribution in [0.25, 0.3) is 0 Å². The van der Waals surface area contributed by atoms with E-state index in [1.54, 1.807) is 0 Å². The average Bonchev–Trinajstić information content (AvgIpc) is 2.40. The summed E-state index contributed by atoms with van der Waals surface area (Å²) in [5, 5.41) is 3.33. The lowest BCUT2D eigenvalue weighted by Crippen LogP contribution is -2.36. The third-order valence-electron chi connectivity index (χ3n) is 2.50. The highest BCUT2D eigenvalue weighted by Gasteiger charge is 2.34. The lowest BCUT2D eigenvalue weighted by molar-refractivity contribution is -0.122. The normalized spacial score (nSPS) is 38.4. The molecular weight excluding hydrogens is 142 g/mol. The predicted octanol–water partition coefficient (Wildman–Crippen LogP) is -0.0461. The molecule has 2 fully saturated rings. The quantitative estimate of drug-likeness (QED) is 0.533. The molecule has 0 aromatic heterocycles. The van der Waals surface area contributed by atoms with Crippen LogP contribution in [0.2, 0.25) is 0 Å². The van der Waals surface area contributed by atoms with Crippen LogP contribution in [0.1, 0.15) is 12.8 Å². The molecule has 0 aromatic carbocycles. The van der Waals surface area contributed by atoms with Gasteiger partial charge in [0.05, 0.1) is 19.1 Å². The summed E-state index contributed by atoms with van der Waals surface area (Å²) in [5.41, 5.74) is 0. The molecule has 3 nitrogen and oxygen atoms in total. The SMILES string of the molecule is O=C1CCCNC2COCC12. The van der Waals surface area contributed by atoms with Crippen molar-refractivity contribution in [3.05, 3.63) is 0 Å². The maximum atomic E-state index is 11.4. The van der Waals surface area contributed by atoms with Crippen molar-refractivity contribution in [3.63, 3.8) is 0 Å². The summed E-state index contributed by atoms with van der Waals surface area (Å²) < 4.78 is 5.23. The number of rotatable bonds is 0. The van der Waals surface area contributed by atoms with Gasteiger partial charge in [0, 0.05) is 12.5 Å². The Hall–Kier alpha value is -0.410. The Bertz CT molecular complexity index is 169. The minimum Gasteiger partial charge on any atom is -0.379 e. The molecule has 2 aliphatic rings. The molecule has 2 unspecified atom stereocenters. The number of ether oxygens (including phenoxy) is 1. The Morgan fingerprint density at radius 1 is 1.45 bits per heavy atom. The molecule has 2 aliphatic heterocycles.